The van der Waals surface area contributed by atoms with Gasteiger partial charge in [0.25, 0.3) is 5.91 Å². The molecule has 0 fully saturated rings. The zero-order valence-corrected chi connectivity index (χ0v) is 14.6. The molecule has 0 unspecified atom stereocenters. The summed E-state index contributed by atoms with van der Waals surface area (Å²) in [7, 11) is 0. The third-order valence-corrected chi connectivity index (χ3v) is 4.56. The topological polar surface area (TPSA) is 68.3 Å². The number of nitrogens with one attached hydrogen (secondary N) is 1. The summed E-state index contributed by atoms with van der Waals surface area (Å²) < 4.78 is 5.32. The minimum Gasteiger partial charge on any atom is -0.452 e. The van der Waals surface area contributed by atoms with E-state index in [1.807, 2.05) is 24.3 Å². The number of carbonyl (C=O) groups is 2. The second kappa shape index (κ2) is 8.10. The second-order valence-electron chi connectivity index (χ2n) is 6.42. The highest BCUT2D eigenvalue weighted by Crippen LogP contribution is 2.29. The molecule has 0 saturated heterocycles. The first-order valence-electron chi connectivity index (χ1n) is 9.05. The van der Waals surface area contributed by atoms with E-state index in [9.17, 15) is 9.59 Å². The third kappa shape index (κ3) is 3.98. The van der Waals surface area contributed by atoms with E-state index in [0.717, 1.165) is 60.7 Å². The van der Waals surface area contributed by atoms with Crippen LogP contribution in [0, 0.1) is 0 Å². The molecule has 0 atom stereocenters. The highest BCUT2D eigenvalue weighted by Gasteiger charge is 2.23. The Morgan fingerprint density at radius 3 is 2.84 bits per heavy atom. The average Bonchev–Trinajstić information content (AvgIpc) is 2.64. The van der Waals surface area contributed by atoms with Gasteiger partial charge in [0.1, 0.15) is 0 Å². The quantitative estimate of drug-likeness (QED) is 0.648. The van der Waals surface area contributed by atoms with E-state index in [2.05, 4.69) is 12.2 Å². The van der Waals surface area contributed by atoms with E-state index in [0.29, 0.717) is 12.1 Å². The SMILES string of the molecule is CCCCNC(=O)COC(=O)c1c2c(nc3ccccc13)CCCC2. The van der Waals surface area contributed by atoms with Gasteiger partial charge in [0.2, 0.25) is 0 Å². The molecule has 0 radical (unpaired) electrons. The number of ether oxygens (including phenoxy) is 1. The molecule has 1 aliphatic carbocycles. The molecule has 1 aromatic heterocycles. The van der Waals surface area contributed by atoms with Crippen molar-refractivity contribution in [2.75, 3.05) is 13.2 Å². The van der Waals surface area contributed by atoms with Crippen LogP contribution in [0.2, 0.25) is 0 Å². The van der Waals surface area contributed by atoms with Gasteiger partial charge in [-0.3, -0.25) is 9.78 Å². The summed E-state index contributed by atoms with van der Waals surface area (Å²) in [5.74, 6) is -0.684. The fourth-order valence-electron chi connectivity index (χ4n) is 3.26. The van der Waals surface area contributed by atoms with Gasteiger partial charge in [-0.15, -0.1) is 0 Å². The van der Waals surface area contributed by atoms with Crippen LogP contribution in [0.5, 0.6) is 0 Å². The molecular weight excluding hydrogens is 316 g/mol. The van der Waals surface area contributed by atoms with Crippen molar-refractivity contribution in [3.8, 4) is 0 Å². The predicted molar refractivity (Wildman–Crippen MR) is 96.6 cm³/mol. The molecule has 1 aliphatic rings. The molecule has 25 heavy (non-hydrogen) atoms. The first-order chi connectivity index (χ1) is 12.2. The molecule has 0 aliphatic heterocycles. The maximum absolute atomic E-state index is 12.7. The van der Waals surface area contributed by atoms with Crippen LogP contribution >= 0.6 is 0 Å². The van der Waals surface area contributed by atoms with Crippen molar-refractivity contribution in [1.82, 2.24) is 10.3 Å². The van der Waals surface area contributed by atoms with Crippen LogP contribution in [-0.4, -0.2) is 30.0 Å². The molecule has 1 amide bonds. The third-order valence-electron chi connectivity index (χ3n) is 4.56. The molecule has 3 rings (SSSR count). The predicted octanol–water partition coefficient (Wildman–Crippen LogP) is 3.19. The number of amides is 1. The van der Waals surface area contributed by atoms with Crippen molar-refractivity contribution < 1.29 is 14.3 Å². The number of hydrogen-bond donors (Lipinski definition) is 1. The van der Waals surface area contributed by atoms with Crippen molar-refractivity contribution in [3.63, 3.8) is 0 Å². The fraction of sp³-hybridized carbons (Fsp3) is 0.450. The van der Waals surface area contributed by atoms with Crippen molar-refractivity contribution in [3.05, 3.63) is 41.1 Å². The van der Waals surface area contributed by atoms with Crippen LogP contribution in [0.1, 0.15) is 54.2 Å². The first-order valence-corrected chi connectivity index (χ1v) is 9.05. The molecule has 1 aromatic carbocycles. The summed E-state index contributed by atoms with van der Waals surface area (Å²) in [6.45, 7) is 2.43. The van der Waals surface area contributed by atoms with Gasteiger partial charge in [-0.05, 0) is 43.7 Å². The van der Waals surface area contributed by atoms with E-state index in [1.165, 1.54) is 0 Å². The van der Waals surface area contributed by atoms with Gasteiger partial charge >= 0.3 is 5.97 Å². The van der Waals surface area contributed by atoms with Crippen molar-refractivity contribution >= 4 is 22.8 Å². The van der Waals surface area contributed by atoms with Gasteiger partial charge in [-0.25, -0.2) is 4.79 Å². The van der Waals surface area contributed by atoms with Crippen molar-refractivity contribution in [2.45, 2.75) is 45.4 Å². The number of unbranched alkanes of at least 4 members (excludes halogenated alkanes) is 1. The molecule has 5 heteroatoms. The number of nitrogens with zero attached hydrogens (tertiary/aromatic N) is 1. The van der Waals surface area contributed by atoms with Crippen LogP contribution in [0.3, 0.4) is 0 Å². The smallest absolute Gasteiger partial charge is 0.339 e. The summed E-state index contributed by atoms with van der Waals surface area (Å²) in [4.78, 5) is 29.3. The number of aromatic nitrogens is 1. The van der Waals surface area contributed by atoms with Gasteiger partial charge in [-0.2, -0.15) is 0 Å². The number of pyridine rings is 1. The van der Waals surface area contributed by atoms with Gasteiger partial charge in [-0.1, -0.05) is 31.5 Å². The maximum atomic E-state index is 12.7. The Kier molecular flexibility index (Phi) is 5.64. The van der Waals surface area contributed by atoms with Crippen molar-refractivity contribution in [1.29, 1.82) is 0 Å². The lowest BCUT2D eigenvalue weighted by atomic mass is 9.90. The Morgan fingerprint density at radius 2 is 2.00 bits per heavy atom. The van der Waals surface area contributed by atoms with Gasteiger partial charge < -0.3 is 10.1 Å². The second-order valence-corrected chi connectivity index (χ2v) is 6.42. The summed E-state index contributed by atoms with van der Waals surface area (Å²) >= 11 is 0. The minimum atomic E-state index is -0.428. The summed E-state index contributed by atoms with van der Waals surface area (Å²) in [5, 5.41) is 3.57. The first kappa shape index (κ1) is 17.4. The molecule has 2 aromatic rings. The van der Waals surface area contributed by atoms with Gasteiger partial charge in [0, 0.05) is 17.6 Å². The van der Waals surface area contributed by atoms with E-state index >= 15 is 0 Å². The number of carbonyl (C=O) groups excluding carboxylic acids is 2. The van der Waals surface area contributed by atoms with Crippen LogP contribution in [0.4, 0.5) is 0 Å². The maximum Gasteiger partial charge on any atom is 0.339 e. The van der Waals surface area contributed by atoms with Crippen LogP contribution in [-0.2, 0) is 22.4 Å². The number of esters is 1. The molecule has 0 bridgehead atoms. The molecule has 1 N–H and O–H groups in total. The van der Waals surface area contributed by atoms with E-state index in [1.54, 1.807) is 0 Å². The standard InChI is InChI=1S/C20H24N2O3/c1-2-3-12-21-18(23)13-25-20(24)19-14-8-4-6-10-16(14)22-17-11-7-5-9-15(17)19/h4,6,8,10H,2-3,5,7,9,11-13H2,1H3,(H,21,23). The molecule has 0 saturated carbocycles. The normalized spacial score (nSPS) is 13.3. The zero-order chi connectivity index (χ0) is 17.6. The Labute approximate surface area is 147 Å². The number of aryl methyl sites for hydroxylation is 1. The van der Waals surface area contributed by atoms with E-state index in [-0.39, 0.29) is 12.5 Å². The number of rotatable bonds is 6. The highest BCUT2D eigenvalue weighted by atomic mass is 16.5. The number of para-hydroxylation sites is 1. The lowest BCUT2D eigenvalue weighted by Gasteiger charge is -2.19. The lowest BCUT2D eigenvalue weighted by Crippen LogP contribution is -2.30. The van der Waals surface area contributed by atoms with Crippen molar-refractivity contribution in [2.24, 2.45) is 0 Å². The average molecular weight is 340 g/mol. The van der Waals surface area contributed by atoms with E-state index < -0.39 is 5.97 Å². The largest absolute Gasteiger partial charge is 0.452 e. The van der Waals surface area contributed by atoms with E-state index in [4.69, 9.17) is 9.72 Å². The molecule has 5 nitrogen and oxygen atoms in total. The highest BCUT2D eigenvalue weighted by molar-refractivity contribution is 6.05. The summed E-state index contributed by atoms with van der Waals surface area (Å²) in [6.07, 6.45) is 5.78. The van der Waals surface area contributed by atoms with Gasteiger partial charge in [0.15, 0.2) is 6.61 Å². The van der Waals surface area contributed by atoms with Crippen LogP contribution in [0.25, 0.3) is 10.9 Å². The molecule has 0 spiro atoms. The number of hydrogen-bond acceptors (Lipinski definition) is 4. The summed E-state index contributed by atoms with van der Waals surface area (Å²) in [6, 6.07) is 7.63. The zero-order valence-electron chi connectivity index (χ0n) is 14.6. The number of fused-ring (bicyclic) bond motifs is 2. The molecular formula is C20H24N2O3. The fourth-order valence-corrected chi connectivity index (χ4v) is 3.26. The molecule has 1 heterocycles. The monoisotopic (exact) mass is 340 g/mol. The summed E-state index contributed by atoms with van der Waals surface area (Å²) in [5.41, 5.74) is 3.37. The number of benzene rings is 1. The Hall–Kier alpha value is -2.43. The van der Waals surface area contributed by atoms with Gasteiger partial charge in [0.05, 0.1) is 11.1 Å². The van der Waals surface area contributed by atoms with Crippen LogP contribution < -0.4 is 5.32 Å². The Morgan fingerprint density at radius 1 is 1.20 bits per heavy atom. The minimum absolute atomic E-state index is 0.242. The molecule has 132 valence electrons. The van der Waals surface area contributed by atoms with Crippen LogP contribution in [0.15, 0.2) is 24.3 Å². The lowest BCUT2D eigenvalue weighted by molar-refractivity contribution is -0.124. The Bertz CT molecular complexity index is 786. The Balaban J connectivity index is 1.82.